The lowest BCUT2D eigenvalue weighted by molar-refractivity contribution is -0.385. The number of carbonyl (C=O) groups excluding carboxylic acids is 1. The van der Waals surface area contributed by atoms with Crippen LogP contribution in [0.4, 0.5) is 5.69 Å². The number of non-ortho nitro benzene ring substituents is 1. The van der Waals surface area contributed by atoms with Gasteiger partial charge in [0, 0.05) is 12.1 Å². The number of nitro groups is 1. The first kappa shape index (κ1) is 16.5. The number of nitrogens with one attached hydrogen (secondary N) is 1. The Morgan fingerprint density at radius 2 is 2.05 bits per heavy atom. The van der Waals surface area contributed by atoms with E-state index in [9.17, 15) is 28.1 Å². The number of primary amides is 1. The van der Waals surface area contributed by atoms with Crippen molar-refractivity contribution in [2.45, 2.75) is 17.4 Å². The molecular weight excluding hydrogens is 306 g/mol. The molecule has 0 radical (unpaired) electrons. The number of nitro benzene ring substituents is 1. The third kappa shape index (κ3) is 4.50. The second kappa shape index (κ2) is 6.28. The van der Waals surface area contributed by atoms with Crippen molar-refractivity contribution in [1.82, 2.24) is 4.72 Å². The lowest BCUT2D eigenvalue weighted by Crippen LogP contribution is -2.43. The summed E-state index contributed by atoms with van der Waals surface area (Å²) in [5.41, 5.74) is 4.35. The van der Waals surface area contributed by atoms with Gasteiger partial charge < -0.3 is 10.8 Å². The van der Waals surface area contributed by atoms with Crippen LogP contribution in [-0.4, -0.2) is 36.4 Å². The quantitative estimate of drug-likeness (QED) is 0.436. The smallest absolute Gasteiger partial charge is 0.322 e. The number of hydrogen-bond acceptors (Lipinski definition) is 6. The van der Waals surface area contributed by atoms with Gasteiger partial charge >= 0.3 is 5.97 Å². The maximum atomic E-state index is 12.0. The van der Waals surface area contributed by atoms with Crippen LogP contribution in [-0.2, 0) is 19.6 Å². The lowest BCUT2D eigenvalue weighted by atomic mass is 10.2. The van der Waals surface area contributed by atoms with Gasteiger partial charge in [0.25, 0.3) is 5.69 Å². The van der Waals surface area contributed by atoms with Gasteiger partial charge in [-0.15, -0.1) is 0 Å². The van der Waals surface area contributed by atoms with Crippen molar-refractivity contribution in [1.29, 1.82) is 0 Å². The van der Waals surface area contributed by atoms with Gasteiger partial charge in [0.15, 0.2) is 0 Å². The molecule has 1 aromatic carbocycles. The van der Waals surface area contributed by atoms with E-state index >= 15 is 0 Å². The normalized spacial score (nSPS) is 12.6. The Bertz CT molecular complexity index is 686. The fourth-order valence-electron chi connectivity index (χ4n) is 1.40. The maximum Gasteiger partial charge on any atom is 0.322 e. The summed E-state index contributed by atoms with van der Waals surface area (Å²) in [4.78, 5) is 30.9. The summed E-state index contributed by atoms with van der Waals surface area (Å²) in [5, 5.41) is 19.4. The Morgan fingerprint density at radius 1 is 1.43 bits per heavy atom. The first-order valence-corrected chi connectivity index (χ1v) is 6.89. The molecule has 0 aliphatic heterocycles. The molecule has 1 atom stereocenters. The average molecular weight is 317 g/mol. The van der Waals surface area contributed by atoms with Crippen molar-refractivity contribution in [3.63, 3.8) is 0 Å². The van der Waals surface area contributed by atoms with Gasteiger partial charge in [-0.05, 0) is 6.07 Å². The van der Waals surface area contributed by atoms with E-state index in [4.69, 9.17) is 10.8 Å². The van der Waals surface area contributed by atoms with Crippen molar-refractivity contribution >= 4 is 27.6 Å². The minimum atomic E-state index is -4.35. The van der Waals surface area contributed by atoms with E-state index in [1.807, 2.05) is 0 Å². The molecule has 114 valence electrons. The second-order valence-electron chi connectivity index (χ2n) is 3.94. The summed E-state index contributed by atoms with van der Waals surface area (Å²) in [6.07, 6.45) is -0.747. The standard InChI is InChI=1S/C10H11N3O7S/c11-9(14)5-8(10(15)16)12-21(19,20)7-3-1-2-6(4-7)13(17)18/h1-4,8,12H,5H2,(H2,11,14)(H,15,16)/t8-/m1/s1. The highest BCUT2D eigenvalue weighted by Gasteiger charge is 2.27. The fourth-order valence-corrected chi connectivity index (χ4v) is 2.63. The molecule has 0 aliphatic carbocycles. The molecule has 0 aliphatic rings. The number of aliphatic carboxylic acids is 1. The molecule has 4 N–H and O–H groups in total. The number of benzene rings is 1. The van der Waals surface area contributed by atoms with Crippen LogP contribution in [0.2, 0.25) is 0 Å². The summed E-state index contributed by atoms with van der Waals surface area (Å²) >= 11 is 0. The largest absolute Gasteiger partial charge is 0.480 e. The highest BCUT2D eigenvalue weighted by molar-refractivity contribution is 7.89. The number of rotatable bonds is 7. The SMILES string of the molecule is NC(=O)C[C@@H](NS(=O)(=O)c1cccc([N+](=O)[O-])c1)C(=O)O. The molecule has 0 saturated heterocycles. The molecule has 1 aromatic rings. The van der Waals surface area contributed by atoms with Crippen molar-refractivity contribution < 1.29 is 28.0 Å². The van der Waals surface area contributed by atoms with E-state index in [-0.39, 0.29) is 0 Å². The number of hydrogen-bond donors (Lipinski definition) is 3. The van der Waals surface area contributed by atoms with Crippen LogP contribution in [0.25, 0.3) is 0 Å². The van der Waals surface area contributed by atoms with E-state index in [0.29, 0.717) is 0 Å². The van der Waals surface area contributed by atoms with Crippen LogP contribution >= 0.6 is 0 Å². The number of carboxylic acids is 1. The number of carboxylic acid groups (broad SMARTS) is 1. The van der Waals surface area contributed by atoms with Gasteiger partial charge in [-0.3, -0.25) is 19.7 Å². The molecule has 0 bridgehead atoms. The maximum absolute atomic E-state index is 12.0. The number of carbonyl (C=O) groups is 2. The predicted molar refractivity (Wildman–Crippen MR) is 68.7 cm³/mol. The van der Waals surface area contributed by atoms with Gasteiger partial charge in [0.2, 0.25) is 15.9 Å². The molecule has 21 heavy (non-hydrogen) atoms. The number of sulfonamides is 1. The van der Waals surface area contributed by atoms with Gasteiger partial charge in [0.1, 0.15) is 6.04 Å². The van der Waals surface area contributed by atoms with Crippen LogP contribution in [0.1, 0.15) is 6.42 Å². The molecule has 1 rings (SSSR count). The topological polar surface area (TPSA) is 170 Å². The first-order valence-electron chi connectivity index (χ1n) is 5.41. The number of nitrogens with two attached hydrogens (primary N) is 1. The van der Waals surface area contributed by atoms with Crippen molar-refractivity contribution in [2.24, 2.45) is 5.73 Å². The monoisotopic (exact) mass is 317 g/mol. The Morgan fingerprint density at radius 3 is 2.52 bits per heavy atom. The van der Waals surface area contributed by atoms with Crippen LogP contribution in [0.15, 0.2) is 29.2 Å². The zero-order valence-corrected chi connectivity index (χ0v) is 11.2. The van der Waals surface area contributed by atoms with E-state index < -0.39 is 49.9 Å². The summed E-state index contributed by atoms with van der Waals surface area (Å²) in [5.74, 6) is -2.60. The Balaban J connectivity index is 3.10. The van der Waals surface area contributed by atoms with Crippen molar-refractivity contribution in [2.75, 3.05) is 0 Å². The third-order valence-corrected chi connectivity index (χ3v) is 3.81. The summed E-state index contributed by atoms with van der Waals surface area (Å²) in [6.45, 7) is 0. The minimum Gasteiger partial charge on any atom is -0.480 e. The highest BCUT2D eigenvalue weighted by atomic mass is 32.2. The summed E-state index contributed by atoms with van der Waals surface area (Å²) < 4.78 is 25.7. The molecule has 0 heterocycles. The van der Waals surface area contributed by atoms with E-state index in [1.54, 1.807) is 4.72 Å². The van der Waals surface area contributed by atoms with Gasteiger partial charge in [-0.1, -0.05) is 6.07 Å². The Labute approximate surface area is 118 Å². The van der Waals surface area contributed by atoms with Gasteiger partial charge in [-0.25, -0.2) is 8.42 Å². The average Bonchev–Trinajstić information content (AvgIpc) is 2.37. The first-order chi connectivity index (χ1) is 9.63. The van der Waals surface area contributed by atoms with Crippen LogP contribution in [0.3, 0.4) is 0 Å². The Kier molecular flexibility index (Phi) is 4.94. The van der Waals surface area contributed by atoms with Crippen molar-refractivity contribution in [3.8, 4) is 0 Å². The third-order valence-electron chi connectivity index (χ3n) is 2.34. The van der Waals surface area contributed by atoms with E-state index in [0.717, 1.165) is 24.3 Å². The zero-order valence-electron chi connectivity index (χ0n) is 10.4. The Hall–Kier alpha value is -2.53. The zero-order chi connectivity index (χ0) is 16.2. The van der Waals surface area contributed by atoms with Gasteiger partial charge in [0.05, 0.1) is 16.2 Å². The molecule has 0 aromatic heterocycles. The van der Waals surface area contributed by atoms with Crippen molar-refractivity contribution in [3.05, 3.63) is 34.4 Å². The molecule has 0 unspecified atom stereocenters. The highest BCUT2D eigenvalue weighted by Crippen LogP contribution is 2.17. The summed E-state index contributed by atoms with van der Waals surface area (Å²) in [7, 11) is -4.35. The fraction of sp³-hybridized carbons (Fsp3) is 0.200. The molecule has 1 amide bonds. The van der Waals surface area contributed by atoms with E-state index in [1.165, 1.54) is 0 Å². The number of amides is 1. The summed E-state index contributed by atoms with van der Waals surface area (Å²) in [6, 6.07) is 2.28. The van der Waals surface area contributed by atoms with Crippen LogP contribution < -0.4 is 10.5 Å². The minimum absolute atomic E-state index is 0.473. The molecule has 0 spiro atoms. The predicted octanol–water partition coefficient (Wildman–Crippen LogP) is -0.798. The van der Waals surface area contributed by atoms with E-state index in [2.05, 4.69) is 0 Å². The molecule has 10 nitrogen and oxygen atoms in total. The lowest BCUT2D eigenvalue weighted by Gasteiger charge is -2.13. The molecule has 11 heteroatoms. The second-order valence-corrected chi connectivity index (χ2v) is 5.65. The molecular formula is C10H11N3O7S. The van der Waals surface area contributed by atoms with Crippen LogP contribution in [0.5, 0.6) is 0 Å². The molecule has 0 fully saturated rings. The number of nitrogens with zero attached hydrogens (tertiary/aromatic N) is 1. The van der Waals surface area contributed by atoms with Gasteiger partial charge in [-0.2, -0.15) is 4.72 Å². The van der Waals surface area contributed by atoms with Crippen LogP contribution in [0, 0.1) is 10.1 Å². The molecule has 0 saturated carbocycles.